The molecule has 6 heteroatoms. The molecule has 0 unspecified atom stereocenters. The molecule has 0 bridgehead atoms. The zero-order valence-electron chi connectivity index (χ0n) is 16.2. The van der Waals surface area contributed by atoms with Crippen LogP contribution in [0.4, 0.5) is 0 Å². The van der Waals surface area contributed by atoms with Gasteiger partial charge in [-0.2, -0.15) is 0 Å². The maximum atomic E-state index is 12.3. The van der Waals surface area contributed by atoms with Crippen LogP contribution in [0.1, 0.15) is 49.5 Å². The Morgan fingerprint density at radius 2 is 1.85 bits per heavy atom. The number of hydrogen-bond acceptors (Lipinski definition) is 3. The van der Waals surface area contributed by atoms with E-state index in [1.54, 1.807) is 6.07 Å². The summed E-state index contributed by atoms with van der Waals surface area (Å²) in [6.07, 6.45) is 1.97. The molecule has 1 aliphatic rings. The maximum Gasteiger partial charge on any atom is 0.251 e. The third-order valence-corrected chi connectivity index (χ3v) is 4.66. The SMILES string of the molecule is Cc1cc(Cl)cc(C(=O)NCC2CCN(CC(=O)NC(C)(C)C)CC2)c1. The zero-order chi connectivity index (χ0) is 19.3. The van der Waals surface area contributed by atoms with Crippen LogP contribution in [0, 0.1) is 12.8 Å². The molecule has 1 fully saturated rings. The number of carbonyl (C=O) groups excluding carboxylic acids is 2. The molecule has 2 rings (SSSR count). The molecule has 1 aromatic rings. The van der Waals surface area contributed by atoms with Crippen LogP contribution in [0.2, 0.25) is 5.02 Å². The van der Waals surface area contributed by atoms with Crippen LogP contribution < -0.4 is 10.6 Å². The molecule has 2 amide bonds. The van der Waals surface area contributed by atoms with Gasteiger partial charge < -0.3 is 10.6 Å². The van der Waals surface area contributed by atoms with Crippen molar-refractivity contribution in [3.8, 4) is 0 Å². The summed E-state index contributed by atoms with van der Waals surface area (Å²) in [5.74, 6) is 0.435. The van der Waals surface area contributed by atoms with E-state index in [0.29, 0.717) is 29.6 Å². The Morgan fingerprint density at radius 3 is 2.42 bits per heavy atom. The number of halogens is 1. The van der Waals surface area contributed by atoms with Crippen LogP contribution in [0.25, 0.3) is 0 Å². The van der Waals surface area contributed by atoms with Gasteiger partial charge in [0.15, 0.2) is 0 Å². The fraction of sp³-hybridized carbons (Fsp3) is 0.600. The van der Waals surface area contributed by atoms with E-state index in [2.05, 4.69) is 15.5 Å². The fourth-order valence-corrected chi connectivity index (χ4v) is 3.51. The predicted octanol–water partition coefficient (Wildman–Crippen LogP) is 3.00. The number of hydrogen-bond donors (Lipinski definition) is 2. The van der Waals surface area contributed by atoms with Gasteiger partial charge in [0.25, 0.3) is 5.91 Å². The lowest BCUT2D eigenvalue weighted by atomic mass is 9.96. The van der Waals surface area contributed by atoms with Crippen LogP contribution in [-0.2, 0) is 4.79 Å². The second-order valence-corrected chi connectivity index (χ2v) is 8.68. The van der Waals surface area contributed by atoms with E-state index in [0.717, 1.165) is 31.5 Å². The lowest BCUT2D eigenvalue weighted by molar-refractivity contribution is -0.124. The van der Waals surface area contributed by atoms with E-state index in [9.17, 15) is 9.59 Å². The molecular weight excluding hydrogens is 350 g/mol. The molecule has 0 spiro atoms. The number of rotatable bonds is 5. The Hall–Kier alpha value is -1.59. The van der Waals surface area contributed by atoms with Crippen LogP contribution in [-0.4, -0.2) is 48.4 Å². The molecule has 1 aromatic carbocycles. The summed E-state index contributed by atoms with van der Waals surface area (Å²) < 4.78 is 0. The van der Waals surface area contributed by atoms with Gasteiger partial charge in [0.1, 0.15) is 0 Å². The number of likely N-dealkylation sites (tertiary alicyclic amines) is 1. The second kappa shape index (κ2) is 8.87. The molecule has 144 valence electrons. The summed E-state index contributed by atoms with van der Waals surface area (Å²) in [4.78, 5) is 26.5. The van der Waals surface area contributed by atoms with Crippen molar-refractivity contribution in [2.45, 2.75) is 46.1 Å². The van der Waals surface area contributed by atoms with E-state index in [1.807, 2.05) is 39.8 Å². The van der Waals surface area contributed by atoms with Gasteiger partial charge in [0, 0.05) is 22.7 Å². The lowest BCUT2D eigenvalue weighted by Gasteiger charge is -2.32. The molecule has 0 aliphatic carbocycles. The summed E-state index contributed by atoms with van der Waals surface area (Å²) in [7, 11) is 0. The third-order valence-electron chi connectivity index (χ3n) is 4.44. The maximum absolute atomic E-state index is 12.3. The van der Waals surface area contributed by atoms with Crippen molar-refractivity contribution in [1.29, 1.82) is 0 Å². The first kappa shape index (κ1) is 20.7. The highest BCUT2D eigenvalue weighted by atomic mass is 35.5. The highest BCUT2D eigenvalue weighted by molar-refractivity contribution is 6.31. The molecular formula is C20H30ClN3O2. The van der Waals surface area contributed by atoms with Gasteiger partial charge >= 0.3 is 0 Å². The summed E-state index contributed by atoms with van der Waals surface area (Å²) in [5.41, 5.74) is 1.38. The quantitative estimate of drug-likeness (QED) is 0.826. The largest absolute Gasteiger partial charge is 0.352 e. The first-order valence-electron chi connectivity index (χ1n) is 9.21. The van der Waals surface area contributed by atoms with Gasteiger partial charge in [-0.3, -0.25) is 14.5 Å². The van der Waals surface area contributed by atoms with Crippen molar-refractivity contribution >= 4 is 23.4 Å². The number of benzene rings is 1. The molecule has 1 saturated heterocycles. The van der Waals surface area contributed by atoms with Gasteiger partial charge in [0.2, 0.25) is 5.91 Å². The topological polar surface area (TPSA) is 61.4 Å². The average Bonchev–Trinajstić information content (AvgIpc) is 2.51. The van der Waals surface area contributed by atoms with Gasteiger partial charge in [-0.25, -0.2) is 0 Å². The number of aryl methyl sites for hydroxylation is 1. The van der Waals surface area contributed by atoms with Crippen LogP contribution in [0.3, 0.4) is 0 Å². The monoisotopic (exact) mass is 379 g/mol. The van der Waals surface area contributed by atoms with Crippen molar-refractivity contribution < 1.29 is 9.59 Å². The third kappa shape index (κ3) is 6.96. The first-order valence-corrected chi connectivity index (χ1v) is 9.59. The van der Waals surface area contributed by atoms with E-state index in [-0.39, 0.29) is 17.4 Å². The molecule has 0 radical (unpaired) electrons. The minimum absolute atomic E-state index is 0.0700. The van der Waals surface area contributed by atoms with Crippen LogP contribution >= 0.6 is 11.6 Å². The normalized spacial score (nSPS) is 16.3. The molecule has 0 saturated carbocycles. The Bertz CT molecular complexity index is 627. The highest BCUT2D eigenvalue weighted by Crippen LogP contribution is 2.17. The Kier molecular flexibility index (Phi) is 7.07. The molecule has 0 aromatic heterocycles. The van der Waals surface area contributed by atoms with Crippen molar-refractivity contribution in [2.75, 3.05) is 26.2 Å². The van der Waals surface area contributed by atoms with Gasteiger partial charge in [-0.05, 0) is 83.3 Å². The number of piperidine rings is 1. The smallest absolute Gasteiger partial charge is 0.251 e. The van der Waals surface area contributed by atoms with Crippen molar-refractivity contribution in [3.05, 3.63) is 34.3 Å². The molecule has 0 atom stereocenters. The highest BCUT2D eigenvalue weighted by Gasteiger charge is 2.23. The number of nitrogens with zero attached hydrogens (tertiary/aromatic N) is 1. The molecule has 5 nitrogen and oxygen atoms in total. The first-order chi connectivity index (χ1) is 12.1. The Morgan fingerprint density at radius 1 is 1.19 bits per heavy atom. The second-order valence-electron chi connectivity index (χ2n) is 8.24. The fourth-order valence-electron chi connectivity index (χ4n) is 3.22. The Labute approximate surface area is 161 Å². The number of amides is 2. The lowest BCUT2D eigenvalue weighted by Crippen LogP contribution is -2.48. The summed E-state index contributed by atoms with van der Waals surface area (Å²) >= 11 is 6.02. The zero-order valence-corrected chi connectivity index (χ0v) is 16.9. The van der Waals surface area contributed by atoms with Crippen molar-refractivity contribution in [3.63, 3.8) is 0 Å². The average molecular weight is 380 g/mol. The summed E-state index contributed by atoms with van der Waals surface area (Å²) in [5, 5.41) is 6.59. The van der Waals surface area contributed by atoms with E-state index in [1.165, 1.54) is 0 Å². The summed E-state index contributed by atoms with van der Waals surface area (Å²) in [6, 6.07) is 5.38. The number of carbonyl (C=O) groups is 2. The predicted molar refractivity (Wildman–Crippen MR) is 106 cm³/mol. The molecule has 1 aliphatic heterocycles. The van der Waals surface area contributed by atoms with Crippen molar-refractivity contribution in [1.82, 2.24) is 15.5 Å². The molecule has 2 N–H and O–H groups in total. The van der Waals surface area contributed by atoms with Crippen molar-refractivity contribution in [2.24, 2.45) is 5.92 Å². The minimum Gasteiger partial charge on any atom is -0.352 e. The molecule has 26 heavy (non-hydrogen) atoms. The molecule has 1 heterocycles. The van der Waals surface area contributed by atoms with Crippen LogP contribution in [0.5, 0.6) is 0 Å². The van der Waals surface area contributed by atoms with Gasteiger partial charge in [0.05, 0.1) is 6.54 Å². The van der Waals surface area contributed by atoms with Gasteiger partial charge in [-0.1, -0.05) is 11.6 Å². The summed E-state index contributed by atoms with van der Waals surface area (Å²) in [6.45, 7) is 10.8. The number of nitrogens with one attached hydrogen (secondary N) is 2. The van der Waals surface area contributed by atoms with E-state index in [4.69, 9.17) is 11.6 Å². The Balaban J connectivity index is 1.73. The van der Waals surface area contributed by atoms with E-state index < -0.39 is 0 Å². The van der Waals surface area contributed by atoms with Crippen LogP contribution in [0.15, 0.2) is 18.2 Å². The van der Waals surface area contributed by atoms with Gasteiger partial charge in [-0.15, -0.1) is 0 Å². The minimum atomic E-state index is -0.196. The van der Waals surface area contributed by atoms with E-state index >= 15 is 0 Å². The standard InChI is InChI=1S/C20H30ClN3O2/c1-14-9-16(11-17(21)10-14)19(26)22-12-15-5-7-24(8-6-15)13-18(25)23-20(2,3)4/h9-11,15H,5-8,12-13H2,1-4H3,(H,22,26)(H,23,25).